The molecule has 0 unspecified atom stereocenters. The molecule has 4 nitrogen and oxygen atoms in total. The zero-order valence-electron chi connectivity index (χ0n) is 10.9. The van der Waals surface area contributed by atoms with Crippen LogP contribution in [0.1, 0.15) is 11.1 Å². The van der Waals surface area contributed by atoms with Crippen LogP contribution in [0, 0.1) is 0 Å². The molecule has 7 heteroatoms. The van der Waals surface area contributed by atoms with Gasteiger partial charge >= 0.3 is 0 Å². The Morgan fingerprint density at radius 1 is 1.25 bits per heavy atom. The molecule has 0 radical (unpaired) electrons. The first kappa shape index (κ1) is 15.5. The molecule has 108 valence electrons. The van der Waals surface area contributed by atoms with E-state index in [0.717, 1.165) is 11.1 Å². The lowest BCUT2D eigenvalue weighted by molar-refractivity contribution is 0.581. The standard InChI is InChI=1S/C13H15ClN2O2S2/c1-15-8-11-6-12(2-3-13(11)14)20(17,18)16-7-10-4-5-19-9-10/h2-6,9,15-16H,7-8H2,1H3. The Morgan fingerprint density at radius 3 is 2.70 bits per heavy atom. The second kappa shape index (κ2) is 6.69. The van der Waals surface area contributed by atoms with Crippen LogP contribution in [-0.4, -0.2) is 15.5 Å². The average molecular weight is 331 g/mol. The van der Waals surface area contributed by atoms with E-state index in [4.69, 9.17) is 11.6 Å². The van der Waals surface area contributed by atoms with Crippen LogP contribution in [0.25, 0.3) is 0 Å². The third kappa shape index (κ3) is 3.80. The van der Waals surface area contributed by atoms with Gasteiger partial charge in [-0.15, -0.1) is 0 Å². The molecule has 2 N–H and O–H groups in total. The maximum Gasteiger partial charge on any atom is 0.240 e. The number of thiophene rings is 1. The summed E-state index contributed by atoms with van der Waals surface area (Å²) in [6.07, 6.45) is 0. The lowest BCUT2D eigenvalue weighted by atomic mass is 10.2. The van der Waals surface area contributed by atoms with Gasteiger partial charge in [0.2, 0.25) is 10.0 Å². The molecule has 2 aromatic rings. The minimum atomic E-state index is -3.53. The van der Waals surface area contributed by atoms with Gasteiger partial charge in [-0.05, 0) is 53.2 Å². The molecule has 1 aromatic carbocycles. The highest BCUT2D eigenvalue weighted by atomic mass is 35.5. The van der Waals surface area contributed by atoms with Gasteiger partial charge in [0.1, 0.15) is 0 Å². The van der Waals surface area contributed by atoms with E-state index < -0.39 is 10.0 Å². The SMILES string of the molecule is CNCc1cc(S(=O)(=O)NCc2ccsc2)ccc1Cl. The van der Waals surface area contributed by atoms with Crippen molar-refractivity contribution in [2.75, 3.05) is 7.05 Å². The first-order chi connectivity index (χ1) is 9.53. The Balaban J connectivity index is 2.18. The first-order valence-corrected chi connectivity index (χ1v) is 8.77. The zero-order valence-corrected chi connectivity index (χ0v) is 13.3. The molecule has 1 heterocycles. The van der Waals surface area contributed by atoms with Crippen molar-refractivity contribution in [3.05, 3.63) is 51.2 Å². The van der Waals surface area contributed by atoms with Crippen molar-refractivity contribution in [2.45, 2.75) is 18.0 Å². The van der Waals surface area contributed by atoms with Crippen molar-refractivity contribution < 1.29 is 8.42 Å². The highest BCUT2D eigenvalue weighted by Crippen LogP contribution is 2.20. The first-order valence-electron chi connectivity index (χ1n) is 5.96. The second-order valence-corrected chi connectivity index (χ2v) is 7.19. The highest BCUT2D eigenvalue weighted by Gasteiger charge is 2.15. The topological polar surface area (TPSA) is 58.2 Å². The summed E-state index contributed by atoms with van der Waals surface area (Å²) in [5.41, 5.74) is 1.70. The van der Waals surface area contributed by atoms with Crippen molar-refractivity contribution in [1.29, 1.82) is 0 Å². The molecule has 2 rings (SSSR count). The molecule has 0 amide bonds. The lowest BCUT2D eigenvalue weighted by Gasteiger charge is -2.09. The molecule has 0 aliphatic carbocycles. The van der Waals surface area contributed by atoms with Crippen LogP contribution in [-0.2, 0) is 23.1 Å². The Morgan fingerprint density at radius 2 is 2.05 bits per heavy atom. The Kier molecular flexibility index (Phi) is 5.17. The number of nitrogens with one attached hydrogen (secondary N) is 2. The van der Waals surface area contributed by atoms with Gasteiger partial charge < -0.3 is 5.32 Å². The van der Waals surface area contributed by atoms with Crippen molar-refractivity contribution in [3.63, 3.8) is 0 Å². The van der Waals surface area contributed by atoms with E-state index in [0.29, 0.717) is 11.6 Å². The van der Waals surface area contributed by atoms with Crippen molar-refractivity contribution in [1.82, 2.24) is 10.0 Å². The van der Waals surface area contributed by atoms with Crippen LogP contribution >= 0.6 is 22.9 Å². The van der Waals surface area contributed by atoms with Gasteiger partial charge in [0.25, 0.3) is 0 Å². The fourth-order valence-electron chi connectivity index (χ4n) is 1.70. The summed E-state index contributed by atoms with van der Waals surface area (Å²) >= 11 is 7.57. The van der Waals surface area contributed by atoms with Crippen LogP contribution in [0.2, 0.25) is 5.02 Å². The predicted octanol–water partition coefficient (Wildman–Crippen LogP) is 2.60. The minimum absolute atomic E-state index is 0.224. The molecule has 1 aromatic heterocycles. The number of sulfonamides is 1. The van der Waals surface area contributed by atoms with Gasteiger partial charge in [-0.25, -0.2) is 13.1 Å². The quantitative estimate of drug-likeness (QED) is 0.856. The number of rotatable bonds is 6. The molecule has 0 aliphatic rings. The number of hydrogen-bond acceptors (Lipinski definition) is 4. The van der Waals surface area contributed by atoms with Crippen molar-refractivity contribution >= 4 is 33.0 Å². The van der Waals surface area contributed by atoms with E-state index in [1.54, 1.807) is 19.2 Å². The molecule has 0 saturated heterocycles. The average Bonchev–Trinajstić information content (AvgIpc) is 2.92. The van der Waals surface area contributed by atoms with Crippen molar-refractivity contribution in [3.8, 4) is 0 Å². The van der Waals surface area contributed by atoms with Crippen molar-refractivity contribution in [2.24, 2.45) is 0 Å². The summed E-state index contributed by atoms with van der Waals surface area (Å²) in [6, 6.07) is 6.60. The van der Waals surface area contributed by atoms with Gasteiger partial charge in [-0.2, -0.15) is 11.3 Å². The van der Waals surface area contributed by atoms with Gasteiger partial charge in [0, 0.05) is 18.1 Å². The molecule has 0 atom stereocenters. The zero-order chi connectivity index (χ0) is 14.6. The maximum atomic E-state index is 12.2. The second-order valence-electron chi connectivity index (χ2n) is 4.24. The minimum Gasteiger partial charge on any atom is -0.316 e. The third-order valence-corrected chi connectivity index (χ3v) is 5.24. The number of benzene rings is 1. The van der Waals surface area contributed by atoms with E-state index in [1.165, 1.54) is 17.4 Å². The predicted molar refractivity (Wildman–Crippen MR) is 82.6 cm³/mol. The molecule has 0 bridgehead atoms. The Bertz CT molecular complexity index is 670. The lowest BCUT2D eigenvalue weighted by Crippen LogP contribution is -2.23. The van der Waals surface area contributed by atoms with E-state index in [-0.39, 0.29) is 11.4 Å². The van der Waals surface area contributed by atoms with Gasteiger partial charge in [0.15, 0.2) is 0 Å². The monoisotopic (exact) mass is 330 g/mol. The molecular weight excluding hydrogens is 316 g/mol. The van der Waals surface area contributed by atoms with E-state index in [9.17, 15) is 8.42 Å². The number of halogens is 1. The fourth-order valence-corrected chi connectivity index (χ4v) is 3.62. The largest absolute Gasteiger partial charge is 0.316 e. The van der Waals surface area contributed by atoms with Gasteiger partial charge in [-0.3, -0.25) is 0 Å². The summed E-state index contributed by atoms with van der Waals surface area (Å²) in [4.78, 5) is 0.224. The van der Waals surface area contributed by atoms with Crippen LogP contribution in [0.4, 0.5) is 0 Å². The summed E-state index contributed by atoms with van der Waals surface area (Å²) in [7, 11) is -1.74. The number of hydrogen-bond donors (Lipinski definition) is 2. The fraction of sp³-hybridized carbons (Fsp3) is 0.231. The highest BCUT2D eigenvalue weighted by molar-refractivity contribution is 7.89. The Hall–Kier alpha value is -0.920. The molecular formula is C13H15ClN2O2S2. The molecule has 0 aliphatic heterocycles. The Labute approximate surface area is 127 Å². The normalized spacial score (nSPS) is 11.7. The summed E-state index contributed by atoms with van der Waals surface area (Å²) in [5, 5.41) is 7.34. The van der Waals surface area contributed by atoms with Gasteiger partial charge in [-0.1, -0.05) is 11.6 Å². The van der Waals surface area contributed by atoms with Crippen LogP contribution in [0.3, 0.4) is 0 Å². The molecule has 0 spiro atoms. The van der Waals surface area contributed by atoms with E-state index >= 15 is 0 Å². The maximum absolute atomic E-state index is 12.2. The van der Waals surface area contributed by atoms with Crippen LogP contribution in [0.5, 0.6) is 0 Å². The molecule has 0 fully saturated rings. The van der Waals surface area contributed by atoms with Crippen LogP contribution < -0.4 is 10.0 Å². The molecule has 20 heavy (non-hydrogen) atoms. The smallest absolute Gasteiger partial charge is 0.240 e. The van der Waals surface area contributed by atoms with E-state index in [1.807, 2.05) is 16.8 Å². The van der Waals surface area contributed by atoms with Crippen LogP contribution in [0.15, 0.2) is 39.9 Å². The summed E-state index contributed by atoms with van der Waals surface area (Å²) in [5.74, 6) is 0. The third-order valence-electron chi connectivity index (χ3n) is 2.74. The summed E-state index contributed by atoms with van der Waals surface area (Å²) < 4.78 is 27.0. The van der Waals surface area contributed by atoms with Gasteiger partial charge in [0.05, 0.1) is 4.90 Å². The summed E-state index contributed by atoms with van der Waals surface area (Å²) in [6.45, 7) is 0.808. The molecule has 0 saturated carbocycles. The van der Waals surface area contributed by atoms with E-state index in [2.05, 4.69) is 10.0 Å².